The van der Waals surface area contributed by atoms with E-state index >= 15 is 0 Å². The number of amides is 1. The molecule has 0 spiro atoms. The van der Waals surface area contributed by atoms with E-state index in [9.17, 15) is 4.79 Å². The minimum atomic E-state index is -0.332. The Morgan fingerprint density at radius 1 is 1.00 bits per heavy atom. The van der Waals surface area contributed by atoms with Gasteiger partial charge in [-0.3, -0.25) is 0 Å². The molecule has 0 saturated heterocycles. The van der Waals surface area contributed by atoms with Gasteiger partial charge in [0, 0.05) is 13.1 Å². The first kappa shape index (κ1) is 19.2. The SMILES string of the molecule is CNCCOCCOCCNC(=O)OCC1C2CC/C=C\CCC21. The molecule has 1 amide bonds. The predicted molar refractivity (Wildman–Crippen MR) is 93.0 cm³/mol. The van der Waals surface area contributed by atoms with Crippen LogP contribution in [-0.2, 0) is 14.2 Å². The van der Waals surface area contributed by atoms with Gasteiger partial charge in [-0.2, -0.15) is 0 Å². The molecule has 2 unspecified atom stereocenters. The van der Waals surface area contributed by atoms with Crippen molar-refractivity contribution in [3.8, 4) is 0 Å². The van der Waals surface area contributed by atoms with Gasteiger partial charge in [-0.25, -0.2) is 4.79 Å². The highest BCUT2D eigenvalue weighted by atomic mass is 16.6. The molecule has 0 bridgehead atoms. The second kappa shape index (κ2) is 11.4. The maximum Gasteiger partial charge on any atom is 0.407 e. The zero-order chi connectivity index (χ0) is 17.0. The van der Waals surface area contributed by atoms with Crippen LogP contribution in [0.1, 0.15) is 25.7 Å². The second-order valence-corrected chi connectivity index (χ2v) is 6.47. The normalized spacial score (nSPS) is 26.8. The summed E-state index contributed by atoms with van der Waals surface area (Å²) in [6, 6.07) is 0. The van der Waals surface area contributed by atoms with Crippen molar-refractivity contribution in [1.29, 1.82) is 0 Å². The lowest BCUT2D eigenvalue weighted by Crippen LogP contribution is -2.29. The van der Waals surface area contributed by atoms with Crippen molar-refractivity contribution >= 4 is 6.09 Å². The monoisotopic (exact) mass is 340 g/mol. The van der Waals surface area contributed by atoms with Crippen LogP contribution in [0.5, 0.6) is 0 Å². The number of nitrogens with one attached hydrogen (secondary N) is 2. The minimum Gasteiger partial charge on any atom is -0.449 e. The summed E-state index contributed by atoms with van der Waals surface area (Å²) in [5.74, 6) is 2.09. The molecule has 24 heavy (non-hydrogen) atoms. The summed E-state index contributed by atoms with van der Waals surface area (Å²) in [6.45, 7) is 4.14. The summed E-state index contributed by atoms with van der Waals surface area (Å²) in [6.07, 6.45) is 9.04. The van der Waals surface area contributed by atoms with E-state index in [1.807, 2.05) is 7.05 Å². The van der Waals surface area contributed by atoms with Crippen LogP contribution in [0.25, 0.3) is 0 Å². The van der Waals surface area contributed by atoms with Crippen LogP contribution in [0.3, 0.4) is 0 Å². The maximum absolute atomic E-state index is 11.7. The molecule has 1 saturated carbocycles. The largest absolute Gasteiger partial charge is 0.449 e. The highest BCUT2D eigenvalue weighted by Crippen LogP contribution is 2.52. The van der Waals surface area contributed by atoms with E-state index in [-0.39, 0.29) is 6.09 Å². The Morgan fingerprint density at radius 2 is 1.62 bits per heavy atom. The maximum atomic E-state index is 11.7. The van der Waals surface area contributed by atoms with Gasteiger partial charge in [0.25, 0.3) is 0 Å². The molecule has 2 aliphatic carbocycles. The molecule has 2 aliphatic rings. The Balaban J connectivity index is 1.41. The van der Waals surface area contributed by atoms with Gasteiger partial charge >= 0.3 is 6.09 Å². The molecule has 138 valence electrons. The Hall–Kier alpha value is -1.11. The number of likely N-dealkylation sites (N-methyl/N-ethyl adjacent to an activating group) is 1. The minimum absolute atomic E-state index is 0.332. The van der Waals surface area contributed by atoms with Gasteiger partial charge in [0.1, 0.15) is 0 Å². The molecule has 0 aromatic carbocycles. The third kappa shape index (κ3) is 7.20. The molecular formula is C18H32N2O4. The summed E-state index contributed by atoms with van der Waals surface area (Å²) >= 11 is 0. The topological polar surface area (TPSA) is 68.8 Å². The lowest BCUT2D eigenvalue weighted by atomic mass is 10.1. The molecule has 0 radical (unpaired) electrons. The average Bonchev–Trinajstić information content (AvgIpc) is 3.21. The number of carbonyl (C=O) groups excluding carboxylic acids is 1. The Labute approximate surface area is 145 Å². The zero-order valence-electron chi connectivity index (χ0n) is 14.8. The fourth-order valence-corrected chi connectivity index (χ4v) is 3.39. The second-order valence-electron chi connectivity index (χ2n) is 6.47. The molecule has 6 heteroatoms. The van der Waals surface area contributed by atoms with Crippen molar-refractivity contribution in [3.05, 3.63) is 12.2 Å². The average molecular weight is 340 g/mol. The predicted octanol–water partition coefficient (Wildman–Crippen LogP) is 1.96. The molecule has 0 heterocycles. The number of fused-ring (bicyclic) bond motifs is 1. The summed E-state index contributed by atoms with van der Waals surface area (Å²) in [5.41, 5.74) is 0. The van der Waals surface area contributed by atoms with E-state index in [2.05, 4.69) is 22.8 Å². The first-order chi connectivity index (χ1) is 11.8. The van der Waals surface area contributed by atoms with E-state index in [1.165, 1.54) is 25.7 Å². The Bertz CT molecular complexity index is 373. The van der Waals surface area contributed by atoms with Crippen molar-refractivity contribution in [2.75, 3.05) is 53.2 Å². The summed E-state index contributed by atoms with van der Waals surface area (Å²) in [4.78, 5) is 11.7. The summed E-state index contributed by atoms with van der Waals surface area (Å²) < 4.78 is 16.1. The highest BCUT2D eigenvalue weighted by molar-refractivity contribution is 5.67. The van der Waals surface area contributed by atoms with Crippen LogP contribution in [0.2, 0.25) is 0 Å². The van der Waals surface area contributed by atoms with Crippen molar-refractivity contribution in [2.45, 2.75) is 25.7 Å². The molecule has 0 aliphatic heterocycles. The third-order valence-electron chi connectivity index (χ3n) is 4.80. The van der Waals surface area contributed by atoms with E-state index in [0.717, 1.165) is 18.4 Å². The number of alkyl carbamates (subject to hydrolysis) is 1. The van der Waals surface area contributed by atoms with Crippen LogP contribution in [0.15, 0.2) is 12.2 Å². The van der Waals surface area contributed by atoms with Gasteiger partial charge in [0.2, 0.25) is 0 Å². The molecule has 2 atom stereocenters. The molecule has 2 N–H and O–H groups in total. The van der Waals surface area contributed by atoms with Crippen molar-refractivity contribution < 1.29 is 19.0 Å². The van der Waals surface area contributed by atoms with Crippen molar-refractivity contribution in [1.82, 2.24) is 10.6 Å². The number of rotatable bonds is 11. The number of hydrogen-bond acceptors (Lipinski definition) is 5. The first-order valence-corrected chi connectivity index (χ1v) is 9.18. The number of ether oxygens (including phenoxy) is 3. The van der Waals surface area contributed by atoms with Crippen molar-refractivity contribution in [3.63, 3.8) is 0 Å². The van der Waals surface area contributed by atoms with E-state index < -0.39 is 0 Å². The van der Waals surface area contributed by atoms with Crippen LogP contribution >= 0.6 is 0 Å². The lowest BCUT2D eigenvalue weighted by molar-refractivity contribution is 0.0496. The molecule has 2 rings (SSSR count). The van der Waals surface area contributed by atoms with Gasteiger partial charge in [0.05, 0.1) is 33.0 Å². The van der Waals surface area contributed by atoms with Gasteiger partial charge < -0.3 is 24.8 Å². The number of carbonyl (C=O) groups is 1. The lowest BCUT2D eigenvalue weighted by Gasteiger charge is -2.08. The summed E-state index contributed by atoms with van der Waals surface area (Å²) in [7, 11) is 1.89. The van der Waals surface area contributed by atoms with E-state index in [4.69, 9.17) is 14.2 Å². The standard InChI is InChI=1S/C18H32N2O4/c1-19-8-10-22-12-13-23-11-9-20-18(21)24-14-17-15-6-4-2-3-5-7-16(15)17/h2-3,15-17,19H,4-14H2,1H3,(H,20,21)/b3-2-. The van der Waals surface area contributed by atoms with E-state index in [0.29, 0.717) is 45.5 Å². The molecule has 6 nitrogen and oxygen atoms in total. The van der Waals surface area contributed by atoms with Crippen LogP contribution in [0, 0.1) is 17.8 Å². The van der Waals surface area contributed by atoms with Gasteiger partial charge in [-0.05, 0) is 50.5 Å². The quantitative estimate of drug-likeness (QED) is 0.444. The first-order valence-electron chi connectivity index (χ1n) is 9.18. The van der Waals surface area contributed by atoms with Crippen LogP contribution in [0.4, 0.5) is 4.79 Å². The van der Waals surface area contributed by atoms with E-state index in [1.54, 1.807) is 0 Å². The van der Waals surface area contributed by atoms with Gasteiger partial charge in [-0.15, -0.1) is 0 Å². The van der Waals surface area contributed by atoms with Gasteiger partial charge in [-0.1, -0.05) is 12.2 Å². The number of allylic oxidation sites excluding steroid dienone is 2. The molecule has 0 aromatic rings. The molecule has 0 aromatic heterocycles. The fourth-order valence-electron chi connectivity index (χ4n) is 3.39. The Kier molecular flexibility index (Phi) is 9.16. The highest BCUT2D eigenvalue weighted by Gasteiger charge is 2.49. The Morgan fingerprint density at radius 3 is 2.25 bits per heavy atom. The third-order valence-corrected chi connectivity index (χ3v) is 4.80. The van der Waals surface area contributed by atoms with Crippen LogP contribution in [-0.4, -0.2) is 59.3 Å². The number of hydrogen-bond donors (Lipinski definition) is 2. The smallest absolute Gasteiger partial charge is 0.407 e. The van der Waals surface area contributed by atoms with Gasteiger partial charge in [0.15, 0.2) is 0 Å². The van der Waals surface area contributed by atoms with Crippen LogP contribution < -0.4 is 10.6 Å². The summed E-state index contributed by atoms with van der Waals surface area (Å²) in [5, 5.41) is 5.74. The zero-order valence-corrected chi connectivity index (χ0v) is 14.8. The molecule has 1 fully saturated rings. The van der Waals surface area contributed by atoms with Crippen molar-refractivity contribution in [2.24, 2.45) is 17.8 Å². The fraction of sp³-hybridized carbons (Fsp3) is 0.833. The molecular weight excluding hydrogens is 308 g/mol.